The maximum atomic E-state index is 12.6. The number of aromatic nitrogens is 4. The van der Waals surface area contributed by atoms with Crippen molar-refractivity contribution in [1.82, 2.24) is 30.6 Å². The standard InChI is InChI=1S/C21H24N6O/c1-15(16-2-4-17(5-3-16)18-6-10-22-11-7-18)24-21(28)20-14-27(26-25-20)19-8-12-23-13-9-19/h2-7,10-11,14-15,19,23H,8-9,12-13H2,1H3,(H,24,28). The lowest BCUT2D eigenvalue weighted by Crippen LogP contribution is -2.29. The van der Waals surface area contributed by atoms with Gasteiger partial charge in [-0.3, -0.25) is 9.78 Å². The third kappa shape index (κ3) is 4.09. The lowest BCUT2D eigenvalue weighted by atomic mass is 10.0. The zero-order valence-electron chi connectivity index (χ0n) is 15.9. The van der Waals surface area contributed by atoms with Crippen molar-refractivity contribution < 1.29 is 4.79 Å². The van der Waals surface area contributed by atoms with Crippen molar-refractivity contribution >= 4 is 5.91 Å². The number of amides is 1. The number of piperidine rings is 1. The number of pyridine rings is 1. The summed E-state index contributed by atoms with van der Waals surface area (Å²) in [5, 5.41) is 14.6. The van der Waals surface area contributed by atoms with Gasteiger partial charge in [-0.25, -0.2) is 4.68 Å². The minimum absolute atomic E-state index is 0.122. The molecule has 0 bridgehead atoms. The number of hydrogen-bond donors (Lipinski definition) is 2. The maximum Gasteiger partial charge on any atom is 0.273 e. The van der Waals surface area contributed by atoms with Crippen LogP contribution in [0, 0.1) is 0 Å². The summed E-state index contributed by atoms with van der Waals surface area (Å²) in [5.74, 6) is -0.203. The van der Waals surface area contributed by atoms with Gasteiger partial charge in [-0.1, -0.05) is 29.5 Å². The highest BCUT2D eigenvalue weighted by molar-refractivity contribution is 5.92. The van der Waals surface area contributed by atoms with Crippen LogP contribution in [0.1, 0.15) is 47.9 Å². The lowest BCUT2D eigenvalue weighted by Gasteiger charge is -2.22. The molecule has 2 aromatic heterocycles. The minimum atomic E-state index is -0.203. The molecule has 28 heavy (non-hydrogen) atoms. The van der Waals surface area contributed by atoms with E-state index in [1.807, 2.05) is 35.9 Å². The van der Waals surface area contributed by atoms with Crippen LogP contribution >= 0.6 is 0 Å². The smallest absolute Gasteiger partial charge is 0.273 e. The first-order chi connectivity index (χ1) is 13.7. The summed E-state index contributed by atoms with van der Waals surface area (Å²) < 4.78 is 1.82. The van der Waals surface area contributed by atoms with Crippen LogP contribution in [0.5, 0.6) is 0 Å². The topological polar surface area (TPSA) is 84.7 Å². The van der Waals surface area contributed by atoms with E-state index < -0.39 is 0 Å². The van der Waals surface area contributed by atoms with Crippen molar-refractivity contribution in [3.05, 3.63) is 66.2 Å². The maximum absolute atomic E-state index is 12.6. The quantitative estimate of drug-likeness (QED) is 0.715. The highest BCUT2D eigenvalue weighted by Gasteiger charge is 2.19. The second kappa shape index (κ2) is 8.31. The molecule has 1 atom stereocenters. The van der Waals surface area contributed by atoms with E-state index in [0.29, 0.717) is 11.7 Å². The number of nitrogens with one attached hydrogen (secondary N) is 2. The summed E-state index contributed by atoms with van der Waals surface area (Å²) in [4.78, 5) is 16.6. The van der Waals surface area contributed by atoms with Gasteiger partial charge in [0.2, 0.25) is 0 Å². The molecule has 0 radical (unpaired) electrons. The van der Waals surface area contributed by atoms with Crippen molar-refractivity contribution in [1.29, 1.82) is 0 Å². The van der Waals surface area contributed by atoms with Crippen molar-refractivity contribution in [2.45, 2.75) is 31.8 Å². The van der Waals surface area contributed by atoms with E-state index in [2.05, 4.69) is 38.1 Å². The van der Waals surface area contributed by atoms with E-state index in [1.165, 1.54) is 0 Å². The van der Waals surface area contributed by atoms with Gasteiger partial charge in [0.05, 0.1) is 18.3 Å². The highest BCUT2D eigenvalue weighted by Crippen LogP contribution is 2.22. The average Bonchev–Trinajstić information content (AvgIpc) is 3.26. The van der Waals surface area contributed by atoms with Gasteiger partial charge in [-0.15, -0.1) is 5.10 Å². The minimum Gasteiger partial charge on any atom is -0.344 e. The molecule has 7 heteroatoms. The Balaban J connectivity index is 1.40. The Morgan fingerprint density at radius 3 is 2.50 bits per heavy atom. The molecule has 1 unspecified atom stereocenters. The van der Waals surface area contributed by atoms with E-state index in [4.69, 9.17) is 0 Å². The van der Waals surface area contributed by atoms with Crippen molar-refractivity contribution in [2.75, 3.05) is 13.1 Å². The van der Waals surface area contributed by atoms with Crippen LogP contribution in [-0.2, 0) is 0 Å². The summed E-state index contributed by atoms with van der Waals surface area (Å²) in [5.41, 5.74) is 3.64. The normalized spacial score (nSPS) is 15.9. The predicted molar refractivity (Wildman–Crippen MR) is 107 cm³/mol. The predicted octanol–water partition coefficient (Wildman–Crippen LogP) is 2.76. The SMILES string of the molecule is CC(NC(=O)c1cn(C2CCNCC2)nn1)c1ccc(-c2ccncc2)cc1. The molecule has 1 amide bonds. The largest absolute Gasteiger partial charge is 0.344 e. The van der Waals surface area contributed by atoms with Gasteiger partial charge in [0, 0.05) is 12.4 Å². The first-order valence-electron chi connectivity index (χ1n) is 9.64. The van der Waals surface area contributed by atoms with Crippen LogP contribution in [0.15, 0.2) is 55.0 Å². The Morgan fingerprint density at radius 2 is 1.79 bits per heavy atom. The molecule has 3 aromatic rings. The van der Waals surface area contributed by atoms with Crippen molar-refractivity contribution in [2.24, 2.45) is 0 Å². The summed E-state index contributed by atoms with van der Waals surface area (Å²) in [7, 11) is 0. The van der Waals surface area contributed by atoms with E-state index in [9.17, 15) is 4.79 Å². The van der Waals surface area contributed by atoms with Crippen LogP contribution in [0.4, 0.5) is 0 Å². The van der Waals surface area contributed by atoms with Crippen LogP contribution in [-0.4, -0.2) is 39.0 Å². The number of carbonyl (C=O) groups is 1. The molecule has 1 aromatic carbocycles. The molecule has 0 saturated carbocycles. The van der Waals surface area contributed by atoms with Gasteiger partial charge < -0.3 is 10.6 Å². The van der Waals surface area contributed by atoms with Crippen LogP contribution in [0.25, 0.3) is 11.1 Å². The summed E-state index contributed by atoms with van der Waals surface area (Å²) >= 11 is 0. The molecule has 144 valence electrons. The van der Waals surface area contributed by atoms with Crippen molar-refractivity contribution in [3.8, 4) is 11.1 Å². The fraction of sp³-hybridized carbons (Fsp3) is 0.333. The first kappa shape index (κ1) is 18.3. The number of hydrogen-bond acceptors (Lipinski definition) is 5. The van der Waals surface area contributed by atoms with Gasteiger partial charge in [-0.2, -0.15) is 0 Å². The molecule has 4 rings (SSSR count). The highest BCUT2D eigenvalue weighted by atomic mass is 16.2. The van der Waals surface area contributed by atoms with Crippen molar-refractivity contribution in [3.63, 3.8) is 0 Å². The van der Waals surface area contributed by atoms with Gasteiger partial charge in [0.25, 0.3) is 5.91 Å². The molecular formula is C21H24N6O. The first-order valence-corrected chi connectivity index (χ1v) is 9.64. The Kier molecular flexibility index (Phi) is 5.43. The van der Waals surface area contributed by atoms with Gasteiger partial charge in [0.15, 0.2) is 5.69 Å². The zero-order chi connectivity index (χ0) is 19.3. The fourth-order valence-corrected chi connectivity index (χ4v) is 3.49. The summed E-state index contributed by atoms with van der Waals surface area (Å²) in [6.45, 7) is 3.91. The van der Waals surface area contributed by atoms with E-state index in [0.717, 1.165) is 42.6 Å². The van der Waals surface area contributed by atoms with Gasteiger partial charge >= 0.3 is 0 Å². The van der Waals surface area contributed by atoms with E-state index in [1.54, 1.807) is 18.6 Å². The second-order valence-electron chi connectivity index (χ2n) is 7.12. The molecule has 0 spiro atoms. The van der Waals surface area contributed by atoms with Gasteiger partial charge in [0.1, 0.15) is 0 Å². The molecule has 1 aliphatic rings. The Morgan fingerprint density at radius 1 is 1.11 bits per heavy atom. The summed E-state index contributed by atoms with van der Waals surface area (Å²) in [6, 6.07) is 12.3. The Bertz CT molecular complexity index is 916. The number of carbonyl (C=O) groups excluding carboxylic acids is 1. The number of rotatable bonds is 5. The third-order valence-corrected chi connectivity index (χ3v) is 5.20. The number of nitrogens with zero attached hydrogens (tertiary/aromatic N) is 4. The molecule has 7 nitrogen and oxygen atoms in total. The lowest BCUT2D eigenvalue weighted by molar-refractivity contribution is 0.0934. The molecular weight excluding hydrogens is 352 g/mol. The molecule has 1 saturated heterocycles. The van der Waals surface area contributed by atoms with Gasteiger partial charge in [-0.05, 0) is 61.7 Å². The van der Waals surface area contributed by atoms with Crippen LogP contribution in [0.3, 0.4) is 0 Å². The van der Waals surface area contributed by atoms with Crippen LogP contribution < -0.4 is 10.6 Å². The Labute approximate surface area is 164 Å². The Hall–Kier alpha value is -3.06. The molecule has 1 aliphatic heterocycles. The van der Waals surface area contributed by atoms with E-state index in [-0.39, 0.29) is 11.9 Å². The van der Waals surface area contributed by atoms with Crippen LogP contribution in [0.2, 0.25) is 0 Å². The average molecular weight is 376 g/mol. The zero-order valence-corrected chi connectivity index (χ0v) is 15.9. The summed E-state index contributed by atoms with van der Waals surface area (Å²) in [6.07, 6.45) is 7.33. The van der Waals surface area contributed by atoms with E-state index >= 15 is 0 Å². The molecule has 2 N–H and O–H groups in total. The molecule has 1 fully saturated rings. The third-order valence-electron chi connectivity index (χ3n) is 5.20. The number of benzene rings is 1. The fourth-order valence-electron chi connectivity index (χ4n) is 3.49. The monoisotopic (exact) mass is 376 g/mol. The molecule has 3 heterocycles. The molecule has 0 aliphatic carbocycles. The second-order valence-corrected chi connectivity index (χ2v) is 7.12.